The molecule has 0 atom stereocenters. The summed E-state index contributed by atoms with van der Waals surface area (Å²) in [4.78, 5) is 9.98. The molecule has 1 aromatic carbocycles. The predicted molar refractivity (Wildman–Crippen MR) is 65.7 cm³/mol. The van der Waals surface area contributed by atoms with Crippen molar-refractivity contribution in [2.75, 3.05) is 7.11 Å². The zero-order valence-electron chi connectivity index (χ0n) is 10.1. The first-order valence-corrected chi connectivity index (χ1v) is 5.39. The van der Waals surface area contributed by atoms with Crippen molar-refractivity contribution in [3.05, 3.63) is 51.7 Å². The first-order valence-electron chi connectivity index (χ1n) is 5.39. The number of nitro groups is 1. The maximum Gasteiger partial charge on any atom is 0.389 e. The summed E-state index contributed by atoms with van der Waals surface area (Å²) < 4.78 is 6.55. The van der Waals surface area contributed by atoms with E-state index in [1.54, 1.807) is 18.2 Å². The van der Waals surface area contributed by atoms with E-state index in [2.05, 4.69) is 5.10 Å². The monoisotopic (exact) mass is 258 g/mol. The third kappa shape index (κ3) is 2.69. The van der Waals surface area contributed by atoms with Gasteiger partial charge < -0.3 is 14.9 Å². The smallest absolute Gasteiger partial charge is 0.389 e. The third-order valence-electron chi connectivity index (χ3n) is 2.54. The molecule has 7 nitrogen and oxygen atoms in total. The quantitative estimate of drug-likeness (QED) is 0.614. The molecule has 96 valence electrons. The molecule has 0 N–H and O–H groups in total. The molecule has 19 heavy (non-hydrogen) atoms. The molecule has 0 radical (unpaired) electrons. The molecule has 0 bridgehead atoms. The molecule has 0 spiro atoms. The van der Waals surface area contributed by atoms with Gasteiger partial charge in [-0.05, 0) is 22.6 Å². The lowest BCUT2D eigenvalue weighted by atomic mass is 10.1. The van der Waals surface area contributed by atoms with Crippen LogP contribution in [-0.4, -0.2) is 21.8 Å². The molecule has 2 aromatic rings. The van der Waals surface area contributed by atoms with E-state index in [1.165, 1.54) is 24.1 Å². The van der Waals surface area contributed by atoms with Crippen molar-refractivity contribution < 1.29 is 9.66 Å². The van der Waals surface area contributed by atoms with Crippen LogP contribution in [0.5, 0.6) is 5.75 Å². The minimum absolute atomic E-state index is 0.194. The van der Waals surface area contributed by atoms with Gasteiger partial charge in [-0.3, -0.25) is 0 Å². The Morgan fingerprint density at radius 2 is 2.32 bits per heavy atom. The fraction of sp³-hybridized carbons (Fsp3) is 0.167. The lowest BCUT2D eigenvalue weighted by Gasteiger charge is -2.05. The van der Waals surface area contributed by atoms with Gasteiger partial charge in [-0.25, -0.2) is 0 Å². The highest BCUT2D eigenvalue weighted by Gasteiger charge is 2.11. The molecule has 1 aromatic heterocycles. The van der Waals surface area contributed by atoms with Crippen LogP contribution in [0.2, 0.25) is 0 Å². The number of methoxy groups -OCH3 is 1. The zero-order valence-corrected chi connectivity index (χ0v) is 10.1. The first-order chi connectivity index (χ1) is 9.13. The Balaban J connectivity index is 2.23. The van der Waals surface area contributed by atoms with Crippen LogP contribution in [0, 0.1) is 21.4 Å². The van der Waals surface area contributed by atoms with E-state index in [9.17, 15) is 10.1 Å². The Hall–Kier alpha value is -2.88. The van der Waals surface area contributed by atoms with Gasteiger partial charge in [0, 0.05) is 0 Å². The molecule has 0 amide bonds. The number of nitriles is 1. The number of aromatic nitrogens is 2. The van der Waals surface area contributed by atoms with Crippen LogP contribution in [-0.2, 0) is 6.54 Å². The Kier molecular flexibility index (Phi) is 3.43. The molecular weight excluding hydrogens is 248 g/mol. The number of hydrogen-bond donors (Lipinski definition) is 0. The van der Waals surface area contributed by atoms with Gasteiger partial charge in [0.2, 0.25) is 0 Å². The highest BCUT2D eigenvalue weighted by Crippen LogP contribution is 2.20. The lowest BCUT2D eigenvalue weighted by molar-refractivity contribution is -0.389. The molecule has 0 aliphatic heterocycles. The van der Waals surface area contributed by atoms with Gasteiger partial charge in [-0.2, -0.15) is 9.94 Å². The van der Waals surface area contributed by atoms with E-state index in [-0.39, 0.29) is 5.82 Å². The van der Waals surface area contributed by atoms with Crippen molar-refractivity contribution in [2.24, 2.45) is 0 Å². The van der Waals surface area contributed by atoms with E-state index in [0.717, 1.165) is 5.56 Å². The van der Waals surface area contributed by atoms with E-state index < -0.39 is 4.92 Å². The maximum absolute atomic E-state index is 10.5. The second kappa shape index (κ2) is 5.18. The predicted octanol–water partition coefficient (Wildman–Crippen LogP) is 1.72. The van der Waals surface area contributed by atoms with Gasteiger partial charge in [-0.15, -0.1) is 0 Å². The summed E-state index contributed by atoms with van der Waals surface area (Å²) >= 11 is 0. The fourth-order valence-electron chi connectivity index (χ4n) is 1.65. The summed E-state index contributed by atoms with van der Waals surface area (Å²) in [7, 11) is 1.48. The van der Waals surface area contributed by atoms with E-state index in [1.807, 2.05) is 6.07 Å². The molecule has 1 heterocycles. The lowest BCUT2D eigenvalue weighted by Crippen LogP contribution is -2.02. The van der Waals surface area contributed by atoms with Crippen molar-refractivity contribution >= 4 is 5.82 Å². The minimum atomic E-state index is -0.546. The summed E-state index contributed by atoms with van der Waals surface area (Å²) in [5.74, 6) is 0.280. The minimum Gasteiger partial charge on any atom is -0.495 e. The SMILES string of the molecule is COc1cc(Cn2ccc([N+](=O)[O-])n2)ccc1C#N. The van der Waals surface area contributed by atoms with Crippen LogP contribution in [0.4, 0.5) is 5.82 Å². The molecule has 0 aliphatic carbocycles. The number of benzene rings is 1. The Bertz CT molecular complexity index is 657. The van der Waals surface area contributed by atoms with Gasteiger partial charge in [0.25, 0.3) is 0 Å². The van der Waals surface area contributed by atoms with Crippen LogP contribution in [0.15, 0.2) is 30.5 Å². The van der Waals surface area contributed by atoms with Gasteiger partial charge >= 0.3 is 5.82 Å². The fourth-order valence-corrected chi connectivity index (χ4v) is 1.65. The molecule has 7 heteroatoms. The number of rotatable bonds is 4. The summed E-state index contributed by atoms with van der Waals surface area (Å²) in [5, 5.41) is 23.2. The van der Waals surface area contributed by atoms with E-state index in [0.29, 0.717) is 17.9 Å². The topological polar surface area (TPSA) is 94.0 Å². The van der Waals surface area contributed by atoms with Gasteiger partial charge in [-0.1, -0.05) is 6.07 Å². The summed E-state index contributed by atoms with van der Waals surface area (Å²) in [6.45, 7) is 0.371. The molecule has 2 rings (SSSR count). The van der Waals surface area contributed by atoms with Crippen LogP contribution in [0.25, 0.3) is 0 Å². The van der Waals surface area contributed by atoms with Gasteiger partial charge in [0.05, 0.1) is 36.6 Å². The normalized spacial score (nSPS) is 9.89. The molecule has 0 aliphatic rings. The average Bonchev–Trinajstić information content (AvgIpc) is 2.87. The molecule has 0 unspecified atom stereocenters. The van der Waals surface area contributed by atoms with Crippen molar-refractivity contribution in [3.8, 4) is 11.8 Å². The van der Waals surface area contributed by atoms with Gasteiger partial charge in [0.1, 0.15) is 11.8 Å². The number of ether oxygens (including phenoxy) is 1. The second-order valence-electron chi connectivity index (χ2n) is 3.78. The largest absolute Gasteiger partial charge is 0.495 e. The Morgan fingerprint density at radius 1 is 1.53 bits per heavy atom. The van der Waals surface area contributed by atoms with Crippen molar-refractivity contribution in [1.82, 2.24) is 9.78 Å². The van der Waals surface area contributed by atoms with Crippen LogP contribution < -0.4 is 4.74 Å². The van der Waals surface area contributed by atoms with Crippen LogP contribution >= 0.6 is 0 Å². The number of hydrogen-bond acceptors (Lipinski definition) is 5. The summed E-state index contributed by atoms with van der Waals surface area (Å²) in [6, 6.07) is 8.47. The van der Waals surface area contributed by atoms with Crippen LogP contribution in [0.1, 0.15) is 11.1 Å². The Labute approximate surface area is 108 Å². The zero-order chi connectivity index (χ0) is 13.8. The molecule has 0 saturated carbocycles. The average molecular weight is 258 g/mol. The van der Waals surface area contributed by atoms with E-state index in [4.69, 9.17) is 10.00 Å². The molecule has 0 saturated heterocycles. The highest BCUT2D eigenvalue weighted by molar-refractivity contribution is 5.45. The highest BCUT2D eigenvalue weighted by atomic mass is 16.6. The first kappa shape index (κ1) is 12.6. The number of nitrogens with zero attached hydrogens (tertiary/aromatic N) is 4. The molecular formula is C12H10N4O3. The van der Waals surface area contributed by atoms with Crippen molar-refractivity contribution in [1.29, 1.82) is 5.26 Å². The second-order valence-corrected chi connectivity index (χ2v) is 3.78. The Morgan fingerprint density at radius 3 is 2.89 bits per heavy atom. The third-order valence-corrected chi connectivity index (χ3v) is 2.54. The van der Waals surface area contributed by atoms with Crippen molar-refractivity contribution in [3.63, 3.8) is 0 Å². The standard InChI is InChI=1S/C12H10N4O3/c1-19-11-6-9(2-3-10(11)7-13)8-15-5-4-12(14-15)16(17)18/h2-6H,8H2,1H3. The van der Waals surface area contributed by atoms with Crippen molar-refractivity contribution in [2.45, 2.75) is 6.54 Å². The van der Waals surface area contributed by atoms with E-state index >= 15 is 0 Å². The molecule has 0 fully saturated rings. The maximum atomic E-state index is 10.5. The summed E-state index contributed by atoms with van der Waals surface area (Å²) in [6.07, 6.45) is 1.53. The van der Waals surface area contributed by atoms with Crippen LogP contribution in [0.3, 0.4) is 0 Å². The van der Waals surface area contributed by atoms with Gasteiger partial charge in [0.15, 0.2) is 0 Å². The summed E-state index contributed by atoms with van der Waals surface area (Å²) in [5.41, 5.74) is 1.28.